The van der Waals surface area contributed by atoms with E-state index in [9.17, 15) is 4.79 Å². The van der Waals surface area contributed by atoms with Gasteiger partial charge in [0, 0.05) is 24.8 Å². The van der Waals surface area contributed by atoms with E-state index < -0.39 is 0 Å². The second kappa shape index (κ2) is 3.30. The lowest BCUT2D eigenvalue weighted by Gasteiger charge is -2.05. The molecule has 60 valence electrons. The van der Waals surface area contributed by atoms with Crippen LogP contribution in [0.25, 0.3) is 0 Å². The molecule has 0 aliphatic carbocycles. The molecule has 0 spiro atoms. The van der Waals surface area contributed by atoms with Crippen molar-refractivity contribution >= 4 is 0 Å². The van der Waals surface area contributed by atoms with E-state index in [1.165, 1.54) is 23.2 Å². The first-order chi connectivity index (χ1) is 5.20. The Morgan fingerprint density at radius 1 is 1.82 bits per heavy atom. The first kappa shape index (κ1) is 7.94. The van der Waals surface area contributed by atoms with E-state index in [-0.39, 0.29) is 11.6 Å². The summed E-state index contributed by atoms with van der Waals surface area (Å²) in [6, 6.07) is 1.40. The van der Waals surface area contributed by atoms with E-state index >= 15 is 0 Å². The first-order valence-corrected chi connectivity index (χ1v) is 3.46. The Balaban J connectivity index is 2.87. The lowest BCUT2D eigenvalue weighted by molar-refractivity contribution is 0.566. The van der Waals surface area contributed by atoms with Crippen LogP contribution in [0.2, 0.25) is 0 Å². The van der Waals surface area contributed by atoms with E-state index in [0.29, 0.717) is 6.54 Å². The fourth-order valence-corrected chi connectivity index (χ4v) is 0.826. The molecule has 0 saturated heterocycles. The fourth-order valence-electron chi connectivity index (χ4n) is 0.826. The zero-order valence-electron chi connectivity index (χ0n) is 6.40. The normalized spacial score (nSPS) is 12.9. The molecular formula is C7H11N3O. The van der Waals surface area contributed by atoms with E-state index in [1.54, 1.807) is 0 Å². The largest absolute Gasteiger partial charge is 0.326 e. The average Bonchev–Trinajstić information content (AvgIpc) is 1.93. The van der Waals surface area contributed by atoms with Crippen LogP contribution in [0.4, 0.5) is 0 Å². The number of rotatable bonds is 2. The molecule has 2 N–H and O–H groups in total. The number of hydrogen-bond acceptors (Lipinski definition) is 3. The van der Waals surface area contributed by atoms with Crippen LogP contribution in [0.15, 0.2) is 23.4 Å². The summed E-state index contributed by atoms with van der Waals surface area (Å²) in [6.45, 7) is 2.37. The van der Waals surface area contributed by atoms with Gasteiger partial charge in [-0.25, -0.2) is 4.98 Å². The van der Waals surface area contributed by atoms with Gasteiger partial charge in [0.05, 0.1) is 6.33 Å². The van der Waals surface area contributed by atoms with Crippen molar-refractivity contribution in [2.75, 3.05) is 0 Å². The van der Waals surface area contributed by atoms with Crippen molar-refractivity contribution in [2.24, 2.45) is 5.73 Å². The summed E-state index contributed by atoms with van der Waals surface area (Å²) < 4.78 is 1.49. The van der Waals surface area contributed by atoms with Crippen molar-refractivity contribution in [3.63, 3.8) is 0 Å². The van der Waals surface area contributed by atoms with Gasteiger partial charge in [0.15, 0.2) is 0 Å². The molecule has 1 unspecified atom stereocenters. The summed E-state index contributed by atoms with van der Waals surface area (Å²) in [5.74, 6) is 0. The van der Waals surface area contributed by atoms with Gasteiger partial charge in [0.2, 0.25) is 0 Å². The highest BCUT2D eigenvalue weighted by molar-refractivity contribution is 4.82. The maximum Gasteiger partial charge on any atom is 0.253 e. The summed E-state index contributed by atoms with van der Waals surface area (Å²) in [5, 5.41) is 0. The minimum Gasteiger partial charge on any atom is -0.326 e. The van der Waals surface area contributed by atoms with Crippen LogP contribution in [-0.4, -0.2) is 15.6 Å². The minimum absolute atomic E-state index is 0.0168. The second-order valence-electron chi connectivity index (χ2n) is 2.55. The summed E-state index contributed by atoms with van der Waals surface area (Å²) in [6.07, 6.45) is 2.96. The molecule has 4 heteroatoms. The average molecular weight is 153 g/mol. The fraction of sp³-hybridized carbons (Fsp3) is 0.429. The molecule has 0 aromatic carbocycles. The van der Waals surface area contributed by atoms with Gasteiger partial charge in [0.1, 0.15) is 0 Å². The minimum atomic E-state index is -0.0581. The van der Waals surface area contributed by atoms with Crippen molar-refractivity contribution in [1.29, 1.82) is 0 Å². The first-order valence-electron chi connectivity index (χ1n) is 3.46. The van der Waals surface area contributed by atoms with E-state index in [1.807, 2.05) is 6.92 Å². The number of nitrogens with two attached hydrogens (primary N) is 1. The molecule has 0 saturated carbocycles. The highest BCUT2D eigenvalue weighted by atomic mass is 16.1. The second-order valence-corrected chi connectivity index (χ2v) is 2.55. The van der Waals surface area contributed by atoms with Gasteiger partial charge in [-0.2, -0.15) is 0 Å². The maximum atomic E-state index is 11.0. The van der Waals surface area contributed by atoms with Crippen LogP contribution < -0.4 is 11.3 Å². The smallest absolute Gasteiger partial charge is 0.253 e. The molecule has 1 heterocycles. The molecule has 1 aromatic heterocycles. The molecular weight excluding hydrogens is 142 g/mol. The van der Waals surface area contributed by atoms with Gasteiger partial charge in [-0.05, 0) is 6.92 Å². The molecule has 0 radical (unpaired) electrons. The van der Waals surface area contributed by atoms with Gasteiger partial charge in [-0.15, -0.1) is 0 Å². The molecule has 0 fully saturated rings. The zero-order valence-corrected chi connectivity index (χ0v) is 6.40. The quantitative estimate of drug-likeness (QED) is 0.628. The van der Waals surface area contributed by atoms with Gasteiger partial charge in [-0.3, -0.25) is 9.36 Å². The summed E-state index contributed by atoms with van der Waals surface area (Å²) in [5.41, 5.74) is 5.45. The molecule has 11 heavy (non-hydrogen) atoms. The topological polar surface area (TPSA) is 60.9 Å². The van der Waals surface area contributed by atoms with Gasteiger partial charge in [0.25, 0.3) is 5.56 Å². The molecule has 1 atom stereocenters. The van der Waals surface area contributed by atoms with Gasteiger partial charge < -0.3 is 5.73 Å². The van der Waals surface area contributed by atoms with Gasteiger partial charge >= 0.3 is 0 Å². The predicted molar refractivity (Wildman–Crippen MR) is 42.1 cm³/mol. The summed E-state index contributed by atoms with van der Waals surface area (Å²) in [4.78, 5) is 14.8. The predicted octanol–water partition coefficient (Wildman–Crippen LogP) is -0.410. The number of nitrogens with zero attached hydrogens (tertiary/aromatic N) is 2. The number of aromatic nitrogens is 2. The Hall–Kier alpha value is -1.16. The zero-order chi connectivity index (χ0) is 8.27. The highest BCUT2D eigenvalue weighted by Crippen LogP contribution is 1.81. The third-order valence-electron chi connectivity index (χ3n) is 1.28. The van der Waals surface area contributed by atoms with Crippen molar-refractivity contribution in [2.45, 2.75) is 19.5 Å². The Bertz CT molecular complexity index is 279. The van der Waals surface area contributed by atoms with Crippen molar-refractivity contribution < 1.29 is 0 Å². The third kappa shape index (κ3) is 2.16. The molecule has 4 nitrogen and oxygen atoms in total. The molecule has 0 amide bonds. The van der Waals surface area contributed by atoms with Crippen LogP contribution in [0.3, 0.4) is 0 Å². The Labute approximate surface area is 64.7 Å². The molecule has 1 aromatic rings. The standard InChI is InChI=1S/C7H11N3O/c1-6(8)4-10-5-9-3-2-7(10)11/h2-3,5-6H,4,8H2,1H3. The molecule has 1 rings (SSSR count). The molecule has 0 aliphatic heterocycles. The van der Waals surface area contributed by atoms with Crippen molar-refractivity contribution in [1.82, 2.24) is 9.55 Å². The van der Waals surface area contributed by atoms with Crippen LogP contribution in [0.1, 0.15) is 6.92 Å². The van der Waals surface area contributed by atoms with Crippen LogP contribution in [-0.2, 0) is 6.54 Å². The Morgan fingerprint density at radius 3 is 3.09 bits per heavy atom. The summed E-state index contributed by atoms with van der Waals surface area (Å²) in [7, 11) is 0. The van der Waals surface area contributed by atoms with Crippen LogP contribution >= 0.6 is 0 Å². The third-order valence-corrected chi connectivity index (χ3v) is 1.28. The van der Waals surface area contributed by atoms with Crippen LogP contribution in [0, 0.1) is 0 Å². The Morgan fingerprint density at radius 2 is 2.55 bits per heavy atom. The molecule has 0 aliphatic rings. The van der Waals surface area contributed by atoms with E-state index in [0.717, 1.165) is 0 Å². The lowest BCUT2D eigenvalue weighted by atomic mass is 10.3. The highest BCUT2D eigenvalue weighted by Gasteiger charge is 1.96. The Kier molecular flexibility index (Phi) is 2.38. The lowest BCUT2D eigenvalue weighted by Crippen LogP contribution is -2.29. The number of hydrogen-bond donors (Lipinski definition) is 1. The van der Waals surface area contributed by atoms with Gasteiger partial charge in [-0.1, -0.05) is 0 Å². The van der Waals surface area contributed by atoms with Crippen LogP contribution in [0.5, 0.6) is 0 Å². The SMILES string of the molecule is CC(N)Cn1cnccc1=O. The van der Waals surface area contributed by atoms with Crippen molar-refractivity contribution in [3.8, 4) is 0 Å². The van der Waals surface area contributed by atoms with Crippen molar-refractivity contribution in [3.05, 3.63) is 28.9 Å². The van der Waals surface area contributed by atoms with E-state index in [2.05, 4.69) is 4.98 Å². The summed E-state index contributed by atoms with van der Waals surface area (Å²) >= 11 is 0. The monoisotopic (exact) mass is 153 g/mol. The molecule has 0 bridgehead atoms. The van der Waals surface area contributed by atoms with E-state index in [4.69, 9.17) is 5.73 Å². The maximum absolute atomic E-state index is 11.0.